The van der Waals surface area contributed by atoms with Gasteiger partial charge in [0.15, 0.2) is 0 Å². The van der Waals surface area contributed by atoms with Gasteiger partial charge in [-0.1, -0.05) is 12.1 Å². The van der Waals surface area contributed by atoms with Crippen molar-refractivity contribution in [3.63, 3.8) is 0 Å². The van der Waals surface area contributed by atoms with Crippen molar-refractivity contribution < 1.29 is 19.1 Å². The van der Waals surface area contributed by atoms with Crippen molar-refractivity contribution in [3.05, 3.63) is 42.0 Å². The summed E-state index contributed by atoms with van der Waals surface area (Å²) in [5, 5.41) is 10.9. The van der Waals surface area contributed by atoms with E-state index < -0.39 is 6.09 Å². The van der Waals surface area contributed by atoms with Crippen molar-refractivity contribution >= 4 is 12.0 Å². The van der Waals surface area contributed by atoms with E-state index in [1.54, 1.807) is 23.1 Å². The van der Waals surface area contributed by atoms with Crippen LogP contribution in [0.1, 0.15) is 23.2 Å². The van der Waals surface area contributed by atoms with Crippen LogP contribution in [0.5, 0.6) is 5.88 Å². The van der Waals surface area contributed by atoms with Gasteiger partial charge in [-0.25, -0.2) is 4.79 Å². The Morgan fingerprint density at radius 2 is 1.89 bits per heavy atom. The molecule has 0 bridgehead atoms. The molecule has 0 radical (unpaired) electrons. The van der Waals surface area contributed by atoms with E-state index in [9.17, 15) is 9.59 Å². The molecule has 1 saturated heterocycles. The maximum atomic E-state index is 12.8. The Hall–Kier alpha value is -3.16. The number of aromatic nitrogens is 2. The number of hydrogen-bond donors (Lipinski definition) is 1. The number of piperidine rings is 1. The second kappa shape index (κ2) is 8.48. The number of carbonyl (C=O) groups is 2. The number of amides is 2. The second-order valence-electron chi connectivity index (χ2n) is 6.24. The lowest BCUT2D eigenvalue weighted by Crippen LogP contribution is -2.46. The third kappa shape index (κ3) is 4.52. The molecule has 2 heterocycles. The van der Waals surface area contributed by atoms with Crippen molar-refractivity contribution in [2.75, 3.05) is 27.3 Å². The third-order valence-electron chi connectivity index (χ3n) is 4.54. The summed E-state index contributed by atoms with van der Waals surface area (Å²) in [7, 11) is 2.88. The van der Waals surface area contributed by atoms with Crippen LogP contribution in [-0.2, 0) is 4.74 Å². The molecule has 8 nitrogen and oxygen atoms in total. The van der Waals surface area contributed by atoms with Crippen molar-refractivity contribution in [1.29, 1.82) is 0 Å². The summed E-state index contributed by atoms with van der Waals surface area (Å²) < 4.78 is 9.63. The molecule has 1 aliphatic rings. The fourth-order valence-electron chi connectivity index (χ4n) is 3.03. The molecule has 0 spiro atoms. The van der Waals surface area contributed by atoms with E-state index in [0.717, 1.165) is 5.56 Å². The largest absolute Gasteiger partial charge is 0.480 e. The second-order valence-corrected chi connectivity index (χ2v) is 6.24. The average Bonchev–Trinajstić information content (AvgIpc) is 2.74. The number of methoxy groups -OCH3 is 2. The van der Waals surface area contributed by atoms with Crippen LogP contribution < -0.4 is 10.1 Å². The van der Waals surface area contributed by atoms with Crippen molar-refractivity contribution in [1.82, 2.24) is 20.4 Å². The molecule has 0 unspecified atom stereocenters. The van der Waals surface area contributed by atoms with Gasteiger partial charge in [0, 0.05) is 36.3 Å². The van der Waals surface area contributed by atoms with Crippen molar-refractivity contribution in [2.45, 2.75) is 18.9 Å². The first kappa shape index (κ1) is 18.6. The molecular weight excluding hydrogens is 348 g/mol. The predicted octanol–water partition coefficient (Wildman–Crippen LogP) is 2.11. The highest BCUT2D eigenvalue weighted by atomic mass is 16.5. The number of likely N-dealkylation sites (tertiary alicyclic amines) is 1. The smallest absolute Gasteiger partial charge is 0.407 e. The number of carbonyl (C=O) groups excluding carboxylic acids is 2. The molecule has 1 N–H and O–H groups in total. The Morgan fingerprint density at radius 3 is 2.52 bits per heavy atom. The van der Waals surface area contributed by atoms with Crippen LogP contribution in [0.25, 0.3) is 11.3 Å². The Bertz CT molecular complexity index is 802. The normalized spacial score (nSPS) is 14.5. The van der Waals surface area contributed by atoms with Crippen LogP contribution in [0.15, 0.2) is 36.4 Å². The van der Waals surface area contributed by atoms with Crippen LogP contribution in [-0.4, -0.2) is 60.4 Å². The van der Waals surface area contributed by atoms with Gasteiger partial charge in [0.25, 0.3) is 5.91 Å². The summed E-state index contributed by atoms with van der Waals surface area (Å²) in [5.74, 6) is 0.407. The molecule has 1 aromatic heterocycles. The van der Waals surface area contributed by atoms with Gasteiger partial charge < -0.3 is 19.7 Å². The Morgan fingerprint density at radius 1 is 1.11 bits per heavy atom. The van der Waals surface area contributed by atoms with Crippen molar-refractivity contribution in [3.8, 4) is 17.1 Å². The van der Waals surface area contributed by atoms with Gasteiger partial charge in [-0.2, -0.15) is 0 Å². The molecule has 142 valence electrons. The van der Waals surface area contributed by atoms with Crippen LogP contribution in [0, 0.1) is 0 Å². The summed E-state index contributed by atoms with van der Waals surface area (Å²) in [6, 6.07) is 10.9. The fourth-order valence-corrected chi connectivity index (χ4v) is 3.03. The monoisotopic (exact) mass is 370 g/mol. The maximum absolute atomic E-state index is 12.8. The minimum atomic E-state index is -0.437. The third-order valence-corrected chi connectivity index (χ3v) is 4.54. The van der Waals surface area contributed by atoms with Gasteiger partial charge in [-0.15, -0.1) is 10.2 Å². The highest BCUT2D eigenvalue weighted by Gasteiger charge is 2.25. The molecule has 27 heavy (non-hydrogen) atoms. The lowest BCUT2D eigenvalue weighted by atomic mass is 10.0. The molecule has 2 aromatic rings. The van der Waals surface area contributed by atoms with Crippen LogP contribution in [0.2, 0.25) is 0 Å². The maximum Gasteiger partial charge on any atom is 0.407 e. The number of nitrogens with one attached hydrogen (secondary N) is 1. The highest BCUT2D eigenvalue weighted by Crippen LogP contribution is 2.21. The van der Waals surface area contributed by atoms with E-state index in [1.807, 2.05) is 18.2 Å². The number of nitrogens with zero attached hydrogens (tertiary/aromatic N) is 3. The van der Waals surface area contributed by atoms with Gasteiger partial charge in [-0.05, 0) is 31.0 Å². The van der Waals surface area contributed by atoms with E-state index in [-0.39, 0.29) is 11.9 Å². The summed E-state index contributed by atoms with van der Waals surface area (Å²) in [6.07, 6.45) is 0.961. The van der Waals surface area contributed by atoms with Crippen LogP contribution in [0.4, 0.5) is 4.79 Å². The molecule has 2 amide bonds. The van der Waals surface area contributed by atoms with E-state index in [0.29, 0.717) is 43.1 Å². The zero-order chi connectivity index (χ0) is 19.2. The molecule has 0 saturated carbocycles. The molecular formula is C19H22N4O4. The molecule has 0 aliphatic carbocycles. The molecule has 1 aromatic carbocycles. The number of rotatable bonds is 4. The van der Waals surface area contributed by atoms with Crippen molar-refractivity contribution in [2.24, 2.45) is 0 Å². The lowest BCUT2D eigenvalue weighted by molar-refractivity contribution is 0.0704. The number of alkyl carbamates (subject to hydrolysis) is 1. The summed E-state index contributed by atoms with van der Waals surface area (Å²) in [6.45, 7) is 1.17. The topological polar surface area (TPSA) is 93.7 Å². The van der Waals surface area contributed by atoms with Crippen LogP contribution >= 0.6 is 0 Å². The van der Waals surface area contributed by atoms with Gasteiger partial charge in [0.1, 0.15) is 0 Å². The number of ether oxygens (including phenoxy) is 2. The zero-order valence-corrected chi connectivity index (χ0v) is 15.3. The number of benzene rings is 1. The van der Waals surface area contributed by atoms with E-state index >= 15 is 0 Å². The van der Waals surface area contributed by atoms with Crippen LogP contribution in [0.3, 0.4) is 0 Å². The quantitative estimate of drug-likeness (QED) is 0.886. The van der Waals surface area contributed by atoms with Gasteiger partial charge >= 0.3 is 6.09 Å². The minimum absolute atomic E-state index is 0.0300. The first-order chi connectivity index (χ1) is 13.1. The molecule has 1 aliphatic heterocycles. The Kier molecular flexibility index (Phi) is 5.85. The lowest BCUT2D eigenvalue weighted by Gasteiger charge is -2.32. The van der Waals surface area contributed by atoms with Gasteiger partial charge in [0.2, 0.25) is 5.88 Å². The molecule has 1 fully saturated rings. The molecule has 3 rings (SSSR count). The standard InChI is InChI=1S/C19H22N4O4/c1-26-17-7-6-16(21-22-17)13-4-3-5-14(12-13)18(24)23-10-8-15(9-11-23)20-19(25)27-2/h3-7,12,15H,8-11H2,1-2H3,(H,20,25). The van der Waals surface area contributed by atoms with Gasteiger partial charge in [0.05, 0.1) is 19.9 Å². The highest BCUT2D eigenvalue weighted by molar-refractivity contribution is 5.95. The molecule has 8 heteroatoms. The summed E-state index contributed by atoms with van der Waals surface area (Å²) in [4.78, 5) is 25.9. The minimum Gasteiger partial charge on any atom is -0.480 e. The Balaban J connectivity index is 1.66. The fraction of sp³-hybridized carbons (Fsp3) is 0.368. The summed E-state index contributed by atoms with van der Waals surface area (Å²) in [5.41, 5.74) is 2.09. The predicted molar refractivity (Wildman–Crippen MR) is 98.5 cm³/mol. The van der Waals surface area contributed by atoms with E-state index in [4.69, 9.17) is 4.74 Å². The summed E-state index contributed by atoms with van der Waals surface area (Å²) >= 11 is 0. The Labute approximate surface area is 157 Å². The van der Waals surface area contributed by atoms with E-state index in [1.165, 1.54) is 14.2 Å². The zero-order valence-electron chi connectivity index (χ0n) is 15.3. The SMILES string of the molecule is COC(=O)NC1CCN(C(=O)c2cccc(-c3ccc(OC)nn3)c2)CC1. The number of hydrogen-bond acceptors (Lipinski definition) is 6. The van der Waals surface area contributed by atoms with E-state index in [2.05, 4.69) is 20.3 Å². The average molecular weight is 370 g/mol. The molecule has 0 atom stereocenters. The first-order valence-corrected chi connectivity index (χ1v) is 8.72. The first-order valence-electron chi connectivity index (χ1n) is 8.72. The van der Waals surface area contributed by atoms with Gasteiger partial charge in [-0.3, -0.25) is 4.79 Å².